The zero-order valence-electron chi connectivity index (χ0n) is 18.1. The highest BCUT2D eigenvalue weighted by Crippen LogP contribution is 2.11. The highest BCUT2D eigenvalue weighted by molar-refractivity contribution is 5.77. The minimum Gasteiger partial charge on any atom is -0.304 e. The molecule has 1 aliphatic heterocycles. The fourth-order valence-corrected chi connectivity index (χ4v) is 3.37. The van der Waals surface area contributed by atoms with E-state index in [1.54, 1.807) is 0 Å². The first-order chi connectivity index (χ1) is 13.6. The second kappa shape index (κ2) is 15.4. The average molecular weight is 390 g/mol. The van der Waals surface area contributed by atoms with Crippen LogP contribution in [0.2, 0.25) is 0 Å². The van der Waals surface area contributed by atoms with Crippen molar-refractivity contribution >= 4 is 12.6 Å². The maximum absolute atomic E-state index is 11.0. The fourth-order valence-electron chi connectivity index (χ4n) is 3.37. The van der Waals surface area contributed by atoms with Gasteiger partial charge in [-0.05, 0) is 57.8 Å². The summed E-state index contributed by atoms with van der Waals surface area (Å²) in [5.41, 5.74) is 6.25. The van der Waals surface area contributed by atoms with Crippen molar-refractivity contribution in [3.8, 4) is 0 Å². The molecule has 1 N–H and O–H groups in total. The first-order valence-corrected chi connectivity index (χ1v) is 10.8. The number of aldehydes is 2. The minimum absolute atomic E-state index is 0.655. The van der Waals surface area contributed by atoms with Gasteiger partial charge in [-0.2, -0.15) is 0 Å². The van der Waals surface area contributed by atoms with Crippen LogP contribution in [0.5, 0.6) is 0 Å². The van der Waals surface area contributed by atoms with Gasteiger partial charge in [-0.1, -0.05) is 43.5 Å². The highest BCUT2D eigenvalue weighted by Gasteiger charge is 2.06. The highest BCUT2D eigenvalue weighted by atomic mass is 16.1. The molecule has 1 heterocycles. The molecule has 0 bridgehead atoms. The third-order valence-corrected chi connectivity index (χ3v) is 5.11. The van der Waals surface area contributed by atoms with Crippen molar-refractivity contribution in [2.75, 3.05) is 33.2 Å². The van der Waals surface area contributed by atoms with E-state index in [1.807, 2.05) is 37.2 Å². The fraction of sp³-hybridized carbons (Fsp3) is 0.652. The summed E-state index contributed by atoms with van der Waals surface area (Å²) in [6.07, 6.45) is 9.90. The van der Waals surface area contributed by atoms with Crippen LogP contribution in [0.4, 0.5) is 0 Å². The van der Waals surface area contributed by atoms with Crippen LogP contribution in [0, 0.1) is 6.92 Å². The van der Waals surface area contributed by atoms with Crippen molar-refractivity contribution < 1.29 is 9.59 Å². The van der Waals surface area contributed by atoms with E-state index >= 15 is 0 Å². The van der Waals surface area contributed by atoms with Crippen molar-refractivity contribution in [1.29, 1.82) is 0 Å². The van der Waals surface area contributed by atoms with Crippen LogP contribution in [0.25, 0.3) is 0 Å². The zero-order valence-corrected chi connectivity index (χ0v) is 18.1. The lowest BCUT2D eigenvalue weighted by molar-refractivity contribution is -0.107. The second-order valence-electron chi connectivity index (χ2n) is 7.60. The Hall–Kier alpha value is -1.56. The van der Waals surface area contributed by atoms with Crippen molar-refractivity contribution in [1.82, 2.24) is 15.3 Å². The van der Waals surface area contributed by atoms with Crippen LogP contribution in [0.1, 0.15) is 73.4 Å². The number of nitrogens with zero attached hydrogens (tertiary/aromatic N) is 2. The van der Waals surface area contributed by atoms with Crippen LogP contribution in [0.15, 0.2) is 18.2 Å². The molecule has 1 aromatic rings. The summed E-state index contributed by atoms with van der Waals surface area (Å²) in [5, 5.41) is 2.00. The monoisotopic (exact) mass is 389 g/mol. The molecule has 0 atom stereocenters. The normalized spacial score (nSPS) is 14.4. The summed E-state index contributed by atoms with van der Waals surface area (Å²) in [4.78, 5) is 23.7. The number of piperidine rings is 1. The third kappa shape index (κ3) is 10.7. The number of benzene rings is 1. The van der Waals surface area contributed by atoms with Crippen LogP contribution < -0.4 is 5.43 Å². The van der Waals surface area contributed by atoms with E-state index in [0.29, 0.717) is 13.0 Å². The van der Waals surface area contributed by atoms with Crippen molar-refractivity contribution in [2.24, 2.45) is 0 Å². The number of aryl methyl sites for hydroxylation is 1. The SMILES string of the molecule is CCN1CCCCC1.Cc1ccc(C=O)c(CN(C)NCCCCCC=O)c1. The van der Waals surface area contributed by atoms with Crippen LogP contribution >= 0.6 is 0 Å². The number of hydrazine groups is 1. The van der Waals surface area contributed by atoms with Crippen molar-refractivity contribution in [3.63, 3.8) is 0 Å². The van der Waals surface area contributed by atoms with Crippen molar-refractivity contribution in [2.45, 2.75) is 65.3 Å². The Morgan fingerprint density at radius 1 is 1.11 bits per heavy atom. The van der Waals surface area contributed by atoms with Crippen LogP contribution in [-0.2, 0) is 11.3 Å². The van der Waals surface area contributed by atoms with Gasteiger partial charge in [-0.15, -0.1) is 0 Å². The largest absolute Gasteiger partial charge is 0.304 e. The lowest BCUT2D eigenvalue weighted by Gasteiger charge is -2.24. The Kier molecular flexibility index (Phi) is 13.4. The first kappa shape index (κ1) is 24.5. The molecule has 5 nitrogen and oxygen atoms in total. The number of hydrogen-bond donors (Lipinski definition) is 1. The molecule has 0 aromatic heterocycles. The number of rotatable bonds is 11. The third-order valence-electron chi connectivity index (χ3n) is 5.11. The minimum atomic E-state index is 0.655. The number of unbranched alkanes of at least 4 members (excludes halogenated alkanes) is 3. The Bertz CT molecular complexity index is 557. The number of likely N-dealkylation sites (tertiary alicyclic amines) is 1. The van der Waals surface area contributed by atoms with Crippen molar-refractivity contribution in [3.05, 3.63) is 34.9 Å². The van der Waals surface area contributed by atoms with Gasteiger partial charge in [0.15, 0.2) is 0 Å². The number of hydrogen-bond acceptors (Lipinski definition) is 5. The second-order valence-corrected chi connectivity index (χ2v) is 7.60. The summed E-state index contributed by atoms with van der Waals surface area (Å²) in [7, 11) is 1.97. The van der Waals surface area contributed by atoms with E-state index in [0.717, 1.165) is 55.1 Å². The van der Waals surface area contributed by atoms with Gasteiger partial charge >= 0.3 is 0 Å². The van der Waals surface area contributed by atoms with Gasteiger partial charge in [-0.25, -0.2) is 5.01 Å². The van der Waals surface area contributed by atoms with Gasteiger partial charge in [0.05, 0.1) is 0 Å². The lowest BCUT2D eigenvalue weighted by Crippen LogP contribution is -2.34. The maximum Gasteiger partial charge on any atom is 0.150 e. The first-order valence-electron chi connectivity index (χ1n) is 10.8. The molecule has 1 saturated heterocycles. The van der Waals surface area contributed by atoms with Gasteiger partial charge in [-0.3, -0.25) is 10.2 Å². The van der Waals surface area contributed by atoms with E-state index < -0.39 is 0 Å². The average Bonchev–Trinajstić information content (AvgIpc) is 2.72. The van der Waals surface area contributed by atoms with Crippen LogP contribution in [-0.4, -0.2) is 55.7 Å². The number of carbonyl (C=O) groups is 2. The quantitative estimate of drug-likeness (QED) is 0.352. The molecule has 28 heavy (non-hydrogen) atoms. The Balaban J connectivity index is 0.000000406. The molecule has 0 unspecified atom stereocenters. The molecule has 1 fully saturated rings. The van der Waals surface area contributed by atoms with E-state index in [1.165, 1.54) is 38.9 Å². The van der Waals surface area contributed by atoms with Gasteiger partial charge in [0.1, 0.15) is 12.6 Å². The predicted molar refractivity (Wildman–Crippen MR) is 117 cm³/mol. The van der Waals surface area contributed by atoms with E-state index in [-0.39, 0.29) is 0 Å². The topological polar surface area (TPSA) is 52.7 Å². The molecule has 0 radical (unpaired) electrons. The van der Waals surface area contributed by atoms with Gasteiger partial charge < -0.3 is 9.69 Å². The van der Waals surface area contributed by atoms with Crippen LogP contribution in [0.3, 0.4) is 0 Å². The van der Waals surface area contributed by atoms with E-state index in [2.05, 4.69) is 17.2 Å². The Morgan fingerprint density at radius 2 is 1.86 bits per heavy atom. The molecular weight excluding hydrogens is 350 g/mol. The summed E-state index contributed by atoms with van der Waals surface area (Å²) in [5.74, 6) is 0. The number of nitrogens with one attached hydrogen (secondary N) is 1. The molecular formula is C23H39N3O2. The summed E-state index contributed by atoms with van der Waals surface area (Å²) in [6.45, 7) is 9.79. The molecule has 0 aliphatic carbocycles. The lowest BCUT2D eigenvalue weighted by atomic mass is 10.1. The standard InChI is InChI=1S/C16H24N2O2.C7H15N/c1-14-7-8-15(13-20)16(11-14)12-18(2)17-9-5-3-4-6-10-19;1-2-8-6-4-3-5-7-8/h7-8,10-11,13,17H,3-6,9,12H2,1-2H3;2-7H2,1H3. The molecule has 2 rings (SSSR count). The van der Waals surface area contributed by atoms with E-state index in [9.17, 15) is 9.59 Å². The summed E-state index contributed by atoms with van der Waals surface area (Å²) >= 11 is 0. The molecule has 158 valence electrons. The molecule has 0 amide bonds. The molecule has 0 saturated carbocycles. The van der Waals surface area contributed by atoms with Gasteiger partial charge in [0, 0.05) is 32.1 Å². The molecule has 0 spiro atoms. The Labute approximate surface area is 171 Å². The molecule has 5 heteroatoms. The molecule has 1 aliphatic rings. The van der Waals surface area contributed by atoms with E-state index in [4.69, 9.17) is 0 Å². The van der Waals surface area contributed by atoms with Gasteiger partial charge in [0.2, 0.25) is 0 Å². The predicted octanol–water partition coefficient (Wildman–Crippen LogP) is 4.00. The molecule has 1 aromatic carbocycles. The summed E-state index contributed by atoms with van der Waals surface area (Å²) in [6, 6.07) is 5.87. The maximum atomic E-state index is 11.0. The smallest absolute Gasteiger partial charge is 0.150 e. The Morgan fingerprint density at radius 3 is 2.46 bits per heavy atom. The van der Waals surface area contributed by atoms with Gasteiger partial charge in [0.25, 0.3) is 0 Å². The summed E-state index contributed by atoms with van der Waals surface area (Å²) < 4.78 is 0. The zero-order chi connectivity index (χ0) is 20.6. The number of carbonyl (C=O) groups excluding carboxylic acids is 2.